The lowest BCUT2D eigenvalue weighted by atomic mass is 10.00. The number of amides is 1. The van der Waals surface area contributed by atoms with Crippen LogP contribution < -0.4 is 15.4 Å². The number of likely N-dealkylation sites (tertiary alicyclic amines) is 1. The number of hydrogen-bond donors (Lipinski definition) is 2. The number of ketones is 1. The summed E-state index contributed by atoms with van der Waals surface area (Å²) in [5, 5.41) is 6.18. The number of carbonyl (C=O) groups is 2. The molecule has 1 fully saturated rings. The predicted octanol–water partition coefficient (Wildman–Crippen LogP) is 4.09. The van der Waals surface area contributed by atoms with E-state index in [0.717, 1.165) is 26.1 Å². The topological polar surface area (TPSA) is 95.9 Å². The molecule has 0 bridgehead atoms. The molecule has 0 saturated carbocycles. The van der Waals surface area contributed by atoms with E-state index in [-0.39, 0.29) is 48.9 Å². The van der Waals surface area contributed by atoms with Gasteiger partial charge in [0.15, 0.2) is 5.78 Å². The highest BCUT2D eigenvalue weighted by atomic mass is 35.5. The molecule has 2 aliphatic rings. The van der Waals surface area contributed by atoms with Crippen molar-refractivity contribution in [2.45, 2.75) is 32.0 Å². The smallest absolute Gasteiger partial charge is 0.234 e. The molecule has 3 aromatic rings. The maximum Gasteiger partial charge on any atom is 0.234 e. The molecule has 1 unspecified atom stereocenters. The van der Waals surface area contributed by atoms with Gasteiger partial charge in [0, 0.05) is 50.0 Å². The molecule has 5 rings (SSSR count). The standard InChI is InChI=1S/C29H29ClFN5O3/c30-24-13-22(6-7-25(24)31)39-18-21-12-27(37)23-8-10-33-26(29(23)35-21)14-32-15-28(38)34-20-9-11-36(17-20)16-19-4-2-1-3-5-19/h1-8,10,13,20,32H,9,11-12,14-18H2,(H,34,38). The zero-order valence-electron chi connectivity index (χ0n) is 21.3. The molecule has 0 radical (unpaired) electrons. The minimum absolute atomic E-state index is 0.0430. The third kappa shape index (κ3) is 7.06. The van der Waals surface area contributed by atoms with Crippen molar-refractivity contribution < 1.29 is 18.7 Å². The maximum atomic E-state index is 13.4. The number of ether oxygens (including phenoxy) is 1. The van der Waals surface area contributed by atoms with Crippen LogP contribution in [0.15, 0.2) is 65.8 Å². The number of nitrogens with zero attached hydrogens (tertiary/aromatic N) is 3. The lowest BCUT2D eigenvalue weighted by Gasteiger charge is -2.18. The first-order chi connectivity index (χ1) is 18.9. The van der Waals surface area contributed by atoms with Gasteiger partial charge in [0.1, 0.15) is 18.2 Å². The minimum atomic E-state index is -0.534. The Morgan fingerprint density at radius 1 is 1.18 bits per heavy atom. The summed E-state index contributed by atoms with van der Waals surface area (Å²) in [6.07, 6.45) is 2.60. The van der Waals surface area contributed by atoms with Gasteiger partial charge in [-0.25, -0.2) is 4.39 Å². The minimum Gasteiger partial charge on any atom is -0.488 e. The quantitative estimate of drug-likeness (QED) is 0.395. The average molecular weight is 550 g/mol. The highest BCUT2D eigenvalue weighted by Gasteiger charge is 2.25. The van der Waals surface area contributed by atoms with Crippen LogP contribution in [0.4, 0.5) is 10.1 Å². The number of aliphatic imine (C=N–C) groups is 1. The Labute approximate surface area is 231 Å². The van der Waals surface area contributed by atoms with Crippen molar-refractivity contribution in [3.8, 4) is 5.75 Å². The van der Waals surface area contributed by atoms with E-state index in [1.807, 2.05) is 18.2 Å². The van der Waals surface area contributed by atoms with Crippen molar-refractivity contribution >= 4 is 34.7 Å². The lowest BCUT2D eigenvalue weighted by molar-refractivity contribution is -0.120. The van der Waals surface area contributed by atoms with E-state index in [2.05, 4.69) is 37.6 Å². The van der Waals surface area contributed by atoms with Crippen molar-refractivity contribution in [3.05, 3.63) is 88.5 Å². The summed E-state index contributed by atoms with van der Waals surface area (Å²) >= 11 is 5.82. The van der Waals surface area contributed by atoms with Crippen molar-refractivity contribution in [1.82, 2.24) is 20.5 Å². The van der Waals surface area contributed by atoms with Crippen molar-refractivity contribution in [3.63, 3.8) is 0 Å². The van der Waals surface area contributed by atoms with Gasteiger partial charge >= 0.3 is 0 Å². The van der Waals surface area contributed by atoms with E-state index in [1.54, 1.807) is 12.3 Å². The van der Waals surface area contributed by atoms with Crippen LogP contribution in [0.2, 0.25) is 5.02 Å². The fourth-order valence-corrected chi connectivity index (χ4v) is 4.95. The molecular weight excluding hydrogens is 521 g/mol. The van der Waals surface area contributed by atoms with Gasteiger partial charge in [-0.15, -0.1) is 0 Å². The fourth-order valence-electron chi connectivity index (χ4n) is 4.78. The molecule has 2 N–H and O–H groups in total. The molecule has 202 valence electrons. The van der Waals surface area contributed by atoms with Gasteiger partial charge in [0.05, 0.1) is 35.1 Å². The van der Waals surface area contributed by atoms with Gasteiger partial charge in [0.2, 0.25) is 5.91 Å². The van der Waals surface area contributed by atoms with E-state index in [4.69, 9.17) is 16.3 Å². The summed E-state index contributed by atoms with van der Waals surface area (Å²) in [5.41, 5.74) is 3.33. The zero-order valence-corrected chi connectivity index (χ0v) is 22.1. The molecule has 39 heavy (non-hydrogen) atoms. The molecule has 2 aromatic carbocycles. The highest BCUT2D eigenvalue weighted by molar-refractivity contribution is 6.30. The summed E-state index contributed by atoms with van der Waals surface area (Å²) in [7, 11) is 0. The number of aromatic nitrogens is 1. The Morgan fingerprint density at radius 2 is 2.03 bits per heavy atom. The Balaban J connectivity index is 1.13. The van der Waals surface area contributed by atoms with E-state index < -0.39 is 5.82 Å². The summed E-state index contributed by atoms with van der Waals surface area (Å²) in [6, 6.07) is 16.1. The predicted molar refractivity (Wildman–Crippen MR) is 147 cm³/mol. The number of rotatable bonds is 10. The second-order valence-corrected chi connectivity index (χ2v) is 10.1. The van der Waals surface area contributed by atoms with Gasteiger partial charge < -0.3 is 15.4 Å². The number of carbonyl (C=O) groups excluding carboxylic acids is 2. The van der Waals surface area contributed by atoms with E-state index in [9.17, 15) is 14.0 Å². The van der Waals surface area contributed by atoms with Crippen LogP contribution in [-0.4, -0.2) is 59.6 Å². The van der Waals surface area contributed by atoms with Crippen LogP contribution in [0.1, 0.15) is 34.5 Å². The molecule has 3 heterocycles. The molecule has 1 saturated heterocycles. The second kappa shape index (κ2) is 12.5. The van der Waals surface area contributed by atoms with Gasteiger partial charge in [-0.1, -0.05) is 41.9 Å². The van der Waals surface area contributed by atoms with Crippen molar-refractivity contribution in [2.75, 3.05) is 26.2 Å². The first kappa shape index (κ1) is 26.9. The SMILES string of the molecule is O=C(CNCc1nccc2c1N=C(COc1ccc(F)c(Cl)c1)CC2=O)NC1CCN(Cc2ccccc2)C1. The van der Waals surface area contributed by atoms with Gasteiger partial charge in [-0.2, -0.15) is 0 Å². The third-order valence-electron chi connectivity index (χ3n) is 6.70. The van der Waals surface area contributed by atoms with E-state index in [0.29, 0.717) is 28.4 Å². The molecule has 10 heteroatoms. The van der Waals surface area contributed by atoms with Crippen molar-refractivity contribution in [1.29, 1.82) is 0 Å². The number of nitrogens with one attached hydrogen (secondary N) is 2. The van der Waals surface area contributed by atoms with Gasteiger partial charge in [-0.3, -0.25) is 24.5 Å². The monoisotopic (exact) mass is 549 g/mol. The molecule has 1 atom stereocenters. The summed E-state index contributed by atoms with van der Waals surface area (Å²) < 4.78 is 19.1. The number of hydrogen-bond acceptors (Lipinski definition) is 7. The normalized spacial score (nSPS) is 17.0. The van der Waals surface area contributed by atoms with E-state index >= 15 is 0 Å². The Hall–Kier alpha value is -3.66. The number of benzene rings is 2. The van der Waals surface area contributed by atoms with Crippen molar-refractivity contribution in [2.24, 2.45) is 4.99 Å². The molecule has 1 aromatic heterocycles. The number of Topliss-reactive ketones (excluding diaryl/α,β-unsaturated/α-hetero) is 1. The Bertz CT molecular complexity index is 1380. The fraction of sp³-hybridized carbons (Fsp3) is 0.310. The Morgan fingerprint density at radius 3 is 2.85 bits per heavy atom. The van der Waals surface area contributed by atoms with Gasteiger partial charge in [0.25, 0.3) is 0 Å². The Kier molecular flexibility index (Phi) is 8.61. The van der Waals surface area contributed by atoms with Crippen LogP contribution in [0.25, 0.3) is 0 Å². The number of halogens is 2. The van der Waals surface area contributed by atoms with Gasteiger partial charge in [-0.05, 0) is 30.2 Å². The molecule has 8 nitrogen and oxygen atoms in total. The molecule has 1 amide bonds. The lowest BCUT2D eigenvalue weighted by Crippen LogP contribution is -2.41. The molecule has 0 spiro atoms. The summed E-state index contributed by atoms with van der Waals surface area (Å²) in [6.45, 7) is 3.10. The summed E-state index contributed by atoms with van der Waals surface area (Å²) in [4.78, 5) is 36.7. The highest BCUT2D eigenvalue weighted by Crippen LogP contribution is 2.29. The summed E-state index contributed by atoms with van der Waals surface area (Å²) in [5.74, 6) is -0.323. The third-order valence-corrected chi connectivity index (χ3v) is 6.99. The number of fused-ring (bicyclic) bond motifs is 1. The molecule has 0 aliphatic carbocycles. The van der Waals surface area contributed by atoms with Crippen LogP contribution in [0, 0.1) is 5.82 Å². The molecular formula is C29H29ClFN5O3. The average Bonchev–Trinajstić information content (AvgIpc) is 3.36. The zero-order chi connectivity index (χ0) is 27.2. The second-order valence-electron chi connectivity index (χ2n) is 9.67. The van der Waals surface area contributed by atoms with Crippen LogP contribution in [0.3, 0.4) is 0 Å². The first-order valence-electron chi connectivity index (χ1n) is 12.9. The molecule has 2 aliphatic heterocycles. The van der Waals surface area contributed by atoms with E-state index in [1.165, 1.54) is 23.8 Å². The maximum absolute atomic E-state index is 13.4. The number of pyridine rings is 1. The first-order valence-corrected chi connectivity index (χ1v) is 13.2. The van der Waals surface area contributed by atoms with Crippen LogP contribution >= 0.6 is 11.6 Å². The van der Waals surface area contributed by atoms with Crippen LogP contribution in [0.5, 0.6) is 5.75 Å². The largest absolute Gasteiger partial charge is 0.488 e. The van der Waals surface area contributed by atoms with Crippen LogP contribution in [-0.2, 0) is 17.9 Å².